The van der Waals surface area contributed by atoms with Gasteiger partial charge >= 0.3 is 5.97 Å². The fourth-order valence-electron chi connectivity index (χ4n) is 1.74. The van der Waals surface area contributed by atoms with E-state index >= 15 is 0 Å². The molecule has 0 aliphatic heterocycles. The van der Waals surface area contributed by atoms with Crippen LogP contribution in [0.25, 0.3) is 0 Å². The van der Waals surface area contributed by atoms with Gasteiger partial charge in [0, 0.05) is 19.0 Å². The summed E-state index contributed by atoms with van der Waals surface area (Å²) in [6.45, 7) is 7.41. The molecule has 0 saturated carbocycles. The third kappa shape index (κ3) is 4.09. The second kappa shape index (κ2) is 6.56. The van der Waals surface area contributed by atoms with Crippen LogP contribution in [-0.2, 0) is 14.3 Å². The molecule has 0 unspecified atom stereocenters. The number of carbonyl (C=O) groups is 2. The summed E-state index contributed by atoms with van der Waals surface area (Å²) in [6.07, 6.45) is 1.77. The molecule has 0 aliphatic rings. The van der Waals surface area contributed by atoms with E-state index in [4.69, 9.17) is 9.47 Å². The average molecular weight is 282 g/mol. The number of aromatic amines is 1. The molecule has 1 rings (SSSR count). The smallest absolute Gasteiger partial charge is 0.342 e. The van der Waals surface area contributed by atoms with Crippen LogP contribution in [0.5, 0.6) is 0 Å². The summed E-state index contributed by atoms with van der Waals surface area (Å²) in [5.74, 6) is -0.672. The van der Waals surface area contributed by atoms with Gasteiger partial charge in [-0.25, -0.2) is 4.79 Å². The highest BCUT2D eigenvalue weighted by molar-refractivity contribution is 6.02. The van der Waals surface area contributed by atoms with Crippen LogP contribution in [0.4, 0.5) is 5.69 Å². The number of hydrogen-bond donors (Lipinski definition) is 2. The van der Waals surface area contributed by atoms with Crippen molar-refractivity contribution in [1.29, 1.82) is 0 Å². The standard InChI is InChI=1S/C14H22N2O4/c1-6-20-13(18)12-9(2)15-8-10(12)16-11(17)7-14(3,4)19-5/h8,15H,6-7H2,1-5H3,(H,16,17). The second-order valence-electron chi connectivity index (χ2n) is 5.11. The summed E-state index contributed by atoms with van der Waals surface area (Å²) in [7, 11) is 1.55. The summed E-state index contributed by atoms with van der Waals surface area (Å²) in [5, 5.41) is 2.71. The number of methoxy groups -OCH3 is 1. The predicted octanol–water partition coefficient (Wildman–Crippen LogP) is 2.25. The van der Waals surface area contributed by atoms with Crippen molar-refractivity contribution in [3.05, 3.63) is 17.5 Å². The number of anilines is 1. The van der Waals surface area contributed by atoms with Gasteiger partial charge in [-0.3, -0.25) is 4.79 Å². The maximum absolute atomic E-state index is 12.0. The lowest BCUT2D eigenvalue weighted by Gasteiger charge is -2.21. The van der Waals surface area contributed by atoms with Gasteiger partial charge in [0.25, 0.3) is 0 Å². The lowest BCUT2D eigenvalue weighted by Crippen LogP contribution is -2.29. The van der Waals surface area contributed by atoms with E-state index in [1.165, 1.54) is 0 Å². The van der Waals surface area contributed by atoms with E-state index in [1.54, 1.807) is 27.2 Å². The third-order valence-electron chi connectivity index (χ3n) is 2.97. The fraction of sp³-hybridized carbons (Fsp3) is 0.571. The van der Waals surface area contributed by atoms with Crippen LogP contribution in [0.1, 0.15) is 43.2 Å². The molecule has 6 nitrogen and oxygen atoms in total. The van der Waals surface area contributed by atoms with Gasteiger partial charge in [0.05, 0.1) is 24.3 Å². The number of carbonyl (C=O) groups excluding carboxylic acids is 2. The lowest BCUT2D eigenvalue weighted by atomic mass is 10.0. The van der Waals surface area contributed by atoms with Crippen molar-refractivity contribution >= 4 is 17.6 Å². The Balaban J connectivity index is 2.83. The molecule has 0 aliphatic carbocycles. The maximum atomic E-state index is 12.0. The van der Waals surface area contributed by atoms with Gasteiger partial charge in [-0.05, 0) is 27.7 Å². The largest absolute Gasteiger partial charge is 0.462 e. The molecule has 1 amide bonds. The molecule has 1 aromatic rings. The predicted molar refractivity (Wildman–Crippen MR) is 75.8 cm³/mol. The number of H-pyrrole nitrogens is 1. The highest BCUT2D eigenvalue weighted by atomic mass is 16.5. The molecule has 0 spiro atoms. The van der Waals surface area contributed by atoms with Crippen LogP contribution >= 0.6 is 0 Å². The zero-order valence-electron chi connectivity index (χ0n) is 12.6. The van der Waals surface area contributed by atoms with Gasteiger partial charge in [0.2, 0.25) is 5.91 Å². The first-order valence-corrected chi connectivity index (χ1v) is 6.50. The molecule has 112 valence electrons. The van der Waals surface area contributed by atoms with E-state index in [-0.39, 0.29) is 18.9 Å². The average Bonchev–Trinajstić information content (AvgIpc) is 2.70. The molecule has 1 heterocycles. The normalized spacial score (nSPS) is 11.2. The molecule has 0 radical (unpaired) electrons. The molecule has 6 heteroatoms. The van der Waals surface area contributed by atoms with Crippen molar-refractivity contribution in [2.45, 2.75) is 39.7 Å². The Morgan fingerprint density at radius 1 is 1.40 bits per heavy atom. The monoisotopic (exact) mass is 282 g/mol. The summed E-state index contributed by atoms with van der Waals surface area (Å²) < 4.78 is 10.2. The van der Waals surface area contributed by atoms with E-state index in [0.717, 1.165) is 0 Å². The molecule has 2 N–H and O–H groups in total. The fourth-order valence-corrected chi connectivity index (χ4v) is 1.74. The molecular weight excluding hydrogens is 260 g/mol. The van der Waals surface area contributed by atoms with Gasteiger partial charge < -0.3 is 19.8 Å². The number of ether oxygens (including phenoxy) is 2. The molecule has 0 saturated heterocycles. The molecule has 20 heavy (non-hydrogen) atoms. The molecular formula is C14H22N2O4. The third-order valence-corrected chi connectivity index (χ3v) is 2.97. The summed E-state index contributed by atoms with van der Waals surface area (Å²) in [4.78, 5) is 26.7. The maximum Gasteiger partial charge on any atom is 0.342 e. The van der Waals surface area contributed by atoms with Gasteiger partial charge in [-0.15, -0.1) is 0 Å². The molecule has 0 aromatic carbocycles. The van der Waals surface area contributed by atoms with Crippen molar-refractivity contribution in [3.63, 3.8) is 0 Å². The number of nitrogens with one attached hydrogen (secondary N) is 2. The van der Waals surface area contributed by atoms with Gasteiger partial charge in [-0.2, -0.15) is 0 Å². The number of amides is 1. The Bertz CT molecular complexity index is 491. The van der Waals surface area contributed by atoms with Crippen LogP contribution in [0.3, 0.4) is 0 Å². The van der Waals surface area contributed by atoms with Crippen LogP contribution in [0, 0.1) is 6.92 Å². The first kappa shape index (κ1) is 16.2. The van der Waals surface area contributed by atoms with E-state index in [2.05, 4.69) is 10.3 Å². The van der Waals surface area contributed by atoms with E-state index < -0.39 is 11.6 Å². The summed E-state index contributed by atoms with van der Waals surface area (Å²) in [5.41, 5.74) is 0.887. The number of esters is 1. The lowest BCUT2D eigenvalue weighted by molar-refractivity contribution is -0.121. The Morgan fingerprint density at radius 2 is 2.05 bits per heavy atom. The number of hydrogen-bond acceptors (Lipinski definition) is 4. The molecule has 0 atom stereocenters. The minimum Gasteiger partial charge on any atom is -0.462 e. The SMILES string of the molecule is CCOC(=O)c1c(NC(=O)CC(C)(C)OC)c[nH]c1C. The highest BCUT2D eigenvalue weighted by Crippen LogP contribution is 2.22. The number of rotatable bonds is 6. The first-order chi connectivity index (χ1) is 9.30. The Labute approximate surface area is 118 Å². The molecule has 0 fully saturated rings. The number of aryl methyl sites for hydroxylation is 1. The van der Waals surface area contributed by atoms with Crippen molar-refractivity contribution in [1.82, 2.24) is 4.98 Å². The molecule has 1 aromatic heterocycles. The van der Waals surface area contributed by atoms with Gasteiger partial charge in [0.1, 0.15) is 5.56 Å². The Morgan fingerprint density at radius 3 is 2.60 bits per heavy atom. The van der Waals surface area contributed by atoms with Crippen LogP contribution in [0.15, 0.2) is 6.20 Å². The minimum absolute atomic E-state index is 0.190. The van der Waals surface area contributed by atoms with Crippen LogP contribution in [-0.4, -0.2) is 36.2 Å². The number of aromatic nitrogens is 1. The zero-order valence-corrected chi connectivity index (χ0v) is 12.6. The molecule has 0 bridgehead atoms. The van der Waals surface area contributed by atoms with E-state index in [9.17, 15) is 9.59 Å². The second-order valence-corrected chi connectivity index (χ2v) is 5.11. The van der Waals surface area contributed by atoms with E-state index in [1.807, 2.05) is 13.8 Å². The van der Waals surface area contributed by atoms with Crippen LogP contribution in [0.2, 0.25) is 0 Å². The summed E-state index contributed by atoms with van der Waals surface area (Å²) >= 11 is 0. The zero-order chi connectivity index (χ0) is 15.3. The minimum atomic E-state index is -0.556. The van der Waals surface area contributed by atoms with Gasteiger partial charge in [0.15, 0.2) is 0 Å². The van der Waals surface area contributed by atoms with Crippen LogP contribution < -0.4 is 5.32 Å². The topological polar surface area (TPSA) is 80.4 Å². The van der Waals surface area contributed by atoms with Crippen molar-refractivity contribution in [3.8, 4) is 0 Å². The quantitative estimate of drug-likeness (QED) is 0.784. The Kier molecular flexibility index (Phi) is 5.33. The van der Waals surface area contributed by atoms with Crippen molar-refractivity contribution in [2.24, 2.45) is 0 Å². The Hall–Kier alpha value is -1.82. The highest BCUT2D eigenvalue weighted by Gasteiger charge is 2.24. The van der Waals surface area contributed by atoms with Crippen molar-refractivity contribution in [2.75, 3.05) is 19.0 Å². The van der Waals surface area contributed by atoms with Gasteiger partial charge in [-0.1, -0.05) is 0 Å². The summed E-state index contributed by atoms with van der Waals surface area (Å²) in [6, 6.07) is 0. The first-order valence-electron chi connectivity index (χ1n) is 6.50. The van der Waals surface area contributed by atoms with Crippen molar-refractivity contribution < 1.29 is 19.1 Å². The van der Waals surface area contributed by atoms with E-state index in [0.29, 0.717) is 16.9 Å².